The number of aliphatic hydroxyl groups is 1. The molecule has 0 aromatic heterocycles. The van der Waals surface area contributed by atoms with Gasteiger partial charge in [-0.2, -0.15) is 0 Å². The number of anilines is 1. The summed E-state index contributed by atoms with van der Waals surface area (Å²) in [6, 6.07) is 6.06. The van der Waals surface area contributed by atoms with Gasteiger partial charge in [-0.1, -0.05) is 55.0 Å². The van der Waals surface area contributed by atoms with Crippen molar-refractivity contribution in [3.8, 4) is 0 Å². The summed E-state index contributed by atoms with van der Waals surface area (Å²) in [6.07, 6.45) is 10.7. The number of likely N-dealkylation sites (tertiary alicyclic amines) is 1. The van der Waals surface area contributed by atoms with Crippen LogP contribution in [0.1, 0.15) is 39.0 Å². The van der Waals surface area contributed by atoms with Gasteiger partial charge in [-0.05, 0) is 44.2 Å². The van der Waals surface area contributed by atoms with Gasteiger partial charge in [0.15, 0.2) is 0 Å². The molecule has 0 saturated carbocycles. The first kappa shape index (κ1) is 25.9. The molecule has 2 fully saturated rings. The molecule has 8 nitrogen and oxygen atoms in total. The zero-order valence-corrected chi connectivity index (χ0v) is 21.7. The Balaban J connectivity index is 1.66. The molecular formula is C28H33ClN2O6. The molecule has 1 N–H and O–H groups in total. The van der Waals surface area contributed by atoms with Crippen LogP contribution in [0, 0.1) is 11.8 Å². The van der Waals surface area contributed by atoms with E-state index in [0.29, 0.717) is 23.6 Å². The average molecular weight is 529 g/mol. The van der Waals surface area contributed by atoms with Gasteiger partial charge in [0, 0.05) is 19.7 Å². The maximum absolute atomic E-state index is 14.3. The van der Waals surface area contributed by atoms with Crippen molar-refractivity contribution in [3.05, 3.63) is 53.6 Å². The van der Waals surface area contributed by atoms with E-state index < -0.39 is 35.0 Å². The Kier molecular flexibility index (Phi) is 7.18. The van der Waals surface area contributed by atoms with Gasteiger partial charge in [0.1, 0.15) is 23.2 Å². The summed E-state index contributed by atoms with van der Waals surface area (Å²) in [5.74, 6) is -2.97. The lowest BCUT2D eigenvalue weighted by molar-refractivity contribution is -0.160. The Morgan fingerprint density at radius 3 is 2.65 bits per heavy atom. The number of amides is 2. The van der Waals surface area contributed by atoms with E-state index in [1.165, 1.54) is 4.90 Å². The third-order valence-electron chi connectivity index (χ3n) is 8.08. The number of halogens is 1. The van der Waals surface area contributed by atoms with Crippen molar-refractivity contribution in [1.29, 1.82) is 0 Å². The van der Waals surface area contributed by atoms with Crippen molar-refractivity contribution in [2.24, 2.45) is 11.8 Å². The number of hydrogen-bond donors (Lipinski definition) is 1. The highest BCUT2D eigenvalue weighted by Crippen LogP contribution is 2.58. The zero-order valence-electron chi connectivity index (χ0n) is 21.0. The predicted molar refractivity (Wildman–Crippen MR) is 138 cm³/mol. The smallest absolute Gasteiger partial charge is 0.313 e. The van der Waals surface area contributed by atoms with E-state index in [-0.39, 0.29) is 38.1 Å². The Hall–Kier alpha value is -2.68. The number of nitrogens with zero attached hydrogens (tertiary/aromatic N) is 2. The largest absolute Gasteiger partial charge is 0.465 e. The molecule has 198 valence electrons. The van der Waals surface area contributed by atoms with Gasteiger partial charge >= 0.3 is 5.97 Å². The molecule has 4 aliphatic rings. The number of cyclic esters (lactones) is 1. The summed E-state index contributed by atoms with van der Waals surface area (Å²) in [5, 5.41) is 9.97. The molecule has 4 aliphatic heterocycles. The van der Waals surface area contributed by atoms with Crippen molar-refractivity contribution in [1.82, 2.24) is 4.90 Å². The van der Waals surface area contributed by atoms with Crippen LogP contribution in [0.25, 0.3) is 0 Å². The minimum absolute atomic E-state index is 0.139. The lowest BCUT2D eigenvalue weighted by Gasteiger charge is -2.38. The summed E-state index contributed by atoms with van der Waals surface area (Å²) in [6.45, 7) is 2.47. The monoisotopic (exact) mass is 528 g/mol. The van der Waals surface area contributed by atoms with Gasteiger partial charge < -0.3 is 24.4 Å². The second-order valence-corrected chi connectivity index (χ2v) is 10.5. The van der Waals surface area contributed by atoms with Crippen LogP contribution in [0.4, 0.5) is 5.69 Å². The number of allylic oxidation sites excluding steroid dienone is 1. The molecule has 4 heterocycles. The predicted octanol–water partition coefficient (Wildman–Crippen LogP) is 3.27. The zero-order chi connectivity index (χ0) is 26.2. The number of carbonyl (C=O) groups is 3. The summed E-state index contributed by atoms with van der Waals surface area (Å²) in [5.41, 5.74) is -1.91. The van der Waals surface area contributed by atoms with Gasteiger partial charge in [-0.25, -0.2) is 0 Å². The van der Waals surface area contributed by atoms with E-state index in [4.69, 9.17) is 21.1 Å². The quantitative estimate of drug-likeness (QED) is 0.465. The van der Waals surface area contributed by atoms with Crippen LogP contribution < -0.4 is 4.90 Å². The first-order valence-electron chi connectivity index (χ1n) is 13.1. The van der Waals surface area contributed by atoms with Crippen molar-refractivity contribution < 1.29 is 29.0 Å². The summed E-state index contributed by atoms with van der Waals surface area (Å²) in [4.78, 5) is 45.1. The van der Waals surface area contributed by atoms with Crippen LogP contribution in [0.3, 0.4) is 0 Å². The fourth-order valence-corrected chi connectivity index (χ4v) is 6.64. The Morgan fingerprint density at radius 1 is 1.08 bits per heavy atom. The highest BCUT2D eigenvalue weighted by molar-refractivity contribution is 6.34. The molecule has 0 bridgehead atoms. The van der Waals surface area contributed by atoms with Crippen LogP contribution in [0.15, 0.2) is 48.6 Å². The Bertz CT molecular complexity index is 1140. The third kappa shape index (κ3) is 4.10. The highest BCUT2D eigenvalue weighted by Gasteiger charge is 2.75. The van der Waals surface area contributed by atoms with Gasteiger partial charge in [-0.15, -0.1) is 0 Å². The Morgan fingerprint density at radius 2 is 1.89 bits per heavy atom. The van der Waals surface area contributed by atoms with Crippen LogP contribution in [0.5, 0.6) is 0 Å². The summed E-state index contributed by atoms with van der Waals surface area (Å²) in [7, 11) is 0. The summed E-state index contributed by atoms with van der Waals surface area (Å²) >= 11 is 6.47. The standard InChI is InChI=1S/C28H33ClN2O6/c1-2-27-13-7-3-4-8-18-36-26(35)22(27)21-24(33)31(16-10-17-32)23-25(34)30(15-9-14-28(21,23)37-27)20-12-6-5-11-19(20)29/h5-7,9,11-14,21-23,32H,2-4,8,10,15-18H2,1H3/b13-7-/t21-,22-,23?,27+,28-/m0/s1. The average Bonchev–Trinajstić information content (AvgIpc) is 3.25. The molecule has 1 aromatic rings. The number of hydrogen-bond acceptors (Lipinski definition) is 6. The number of para-hydroxylation sites is 1. The van der Waals surface area contributed by atoms with Gasteiger partial charge in [0.05, 0.1) is 23.2 Å². The fraction of sp³-hybridized carbons (Fsp3) is 0.536. The van der Waals surface area contributed by atoms with Gasteiger partial charge in [0.2, 0.25) is 5.91 Å². The number of carbonyl (C=O) groups excluding carboxylic acids is 3. The van der Waals surface area contributed by atoms with E-state index in [2.05, 4.69) is 0 Å². The molecule has 1 unspecified atom stereocenters. The van der Waals surface area contributed by atoms with Gasteiger partial charge in [-0.3, -0.25) is 14.4 Å². The van der Waals surface area contributed by atoms with Crippen LogP contribution in [-0.4, -0.2) is 71.3 Å². The molecule has 0 radical (unpaired) electrons. The van der Waals surface area contributed by atoms with E-state index in [0.717, 1.165) is 19.3 Å². The van der Waals surface area contributed by atoms with Crippen LogP contribution in [-0.2, 0) is 23.9 Å². The summed E-state index contributed by atoms with van der Waals surface area (Å²) < 4.78 is 12.6. The third-order valence-corrected chi connectivity index (χ3v) is 8.40. The number of benzene rings is 1. The second kappa shape index (κ2) is 10.2. The SMILES string of the molecule is CC[C@@]12/C=C\CCCCOC(=O)[C@@H]1[C@H]1C(=O)N(CCCO)C3C(=O)N(c4ccccc4Cl)CC=C[C@@]31O2. The molecule has 2 saturated heterocycles. The molecule has 0 aliphatic carbocycles. The first-order valence-corrected chi connectivity index (χ1v) is 13.5. The lowest BCUT2D eigenvalue weighted by atomic mass is 9.73. The number of esters is 1. The van der Waals surface area contributed by atoms with Crippen LogP contribution >= 0.6 is 11.6 Å². The van der Waals surface area contributed by atoms with Crippen LogP contribution in [0.2, 0.25) is 5.02 Å². The molecule has 5 rings (SSSR count). The van der Waals surface area contributed by atoms with Crippen molar-refractivity contribution in [2.75, 3.05) is 31.2 Å². The van der Waals surface area contributed by atoms with Crippen molar-refractivity contribution in [2.45, 2.75) is 56.3 Å². The topological polar surface area (TPSA) is 96.4 Å². The molecule has 9 heteroatoms. The maximum atomic E-state index is 14.3. The number of fused-ring (bicyclic) bond motifs is 2. The highest BCUT2D eigenvalue weighted by atomic mass is 35.5. The van der Waals surface area contributed by atoms with E-state index in [1.54, 1.807) is 35.2 Å². The number of aliphatic hydroxyl groups excluding tert-OH is 1. The number of rotatable bonds is 5. The van der Waals surface area contributed by atoms with E-state index in [1.807, 2.05) is 25.2 Å². The number of ether oxygens (including phenoxy) is 2. The molecule has 1 aromatic carbocycles. The van der Waals surface area contributed by atoms with Crippen molar-refractivity contribution >= 4 is 35.1 Å². The molecule has 5 atom stereocenters. The van der Waals surface area contributed by atoms with E-state index in [9.17, 15) is 19.5 Å². The first-order chi connectivity index (χ1) is 17.9. The molecule has 1 spiro atoms. The Labute approximate surface area is 221 Å². The van der Waals surface area contributed by atoms with Crippen molar-refractivity contribution in [3.63, 3.8) is 0 Å². The molecule has 37 heavy (non-hydrogen) atoms. The minimum Gasteiger partial charge on any atom is -0.465 e. The molecular weight excluding hydrogens is 496 g/mol. The second-order valence-electron chi connectivity index (χ2n) is 10.1. The van der Waals surface area contributed by atoms with E-state index >= 15 is 0 Å². The molecule has 2 amide bonds. The normalized spacial score (nSPS) is 34.5. The minimum atomic E-state index is -1.36. The maximum Gasteiger partial charge on any atom is 0.313 e. The fourth-order valence-electron chi connectivity index (χ4n) is 6.41. The lowest BCUT2D eigenvalue weighted by Crippen LogP contribution is -2.56. The van der Waals surface area contributed by atoms with Gasteiger partial charge in [0.25, 0.3) is 5.91 Å².